The Bertz CT molecular complexity index is 1340. The Morgan fingerprint density at radius 2 is 1.53 bits per heavy atom. The SMILES string of the molecule is O=C(Nc1c(F)cccc1F)c1cc(NC(=O)[C@H]2[C@H](c3cccc(C(F)(F)F)c3)C2(Cl)Cl)ccc1Cl. The molecule has 2 amide bonds. The smallest absolute Gasteiger partial charge is 0.326 e. The predicted octanol–water partition coefficient (Wildman–Crippen LogP) is 7.42. The summed E-state index contributed by atoms with van der Waals surface area (Å²) in [6, 6.07) is 11.2. The third-order valence-electron chi connectivity index (χ3n) is 5.59. The van der Waals surface area contributed by atoms with Crippen LogP contribution in [0.1, 0.15) is 27.4 Å². The van der Waals surface area contributed by atoms with Gasteiger partial charge in [-0.1, -0.05) is 35.9 Å². The molecule has 0 saturated heterocycles. The second kappa shape index (κ2) is 9.53. The van der Waals surface area contributed by atoms with Crippen LogP contribution in [0.3, 0.4) is 0 Å². The van der Waals surface area contributed by atoms with Gasteiger partial charge >= 0.3 is 6.18 Å². The van der Waals surface area contributed by atoms with Gasteiger partial charge in [-0.3, -0.25) is 9.59 Å². The molecule has 2 atom stereocenters. The van der Waals surface area contributed by atoms with Crippen LogP contribution in [-0.2, 0) is 11.0 Å². The third-order valence-corrected chi connectivity index (χ3v) is 6.86. The normalized spacial score (nSPS) is 18.4. The van der Waals surface area contributed by atoms with E-state index in [4.69, 9.17) is 34.8 Å². The Hall–Kier alpha value is -2.88. The third kappa shape index (κ3) is 5.14. The topological polar surface area (TPSA) is 58.2 Å². The molecule has 0 aromatic heterocycles. The number of para-hydroxylation sites is 1. The van der Waals surface area contributed by atoms with Crippen molar-refractivity contribution in [3.05, 3.63) is 94.0 Å². The molecule has 3 aromatic rings. The molecule has 1 fully saturated rings. The van der Waals surface area contributed by atoms with Crippen molar-refractivity contribution in [2.24, 2.45) is 5.92 Å². The lowest BCUT2D eigenvalue weighted by Crippen LogP contribution is -2.18. The Kier molecular flexibility index (Phi) is 6.94. The number of carbonyl (C=O) groups is 2. The minimum absolute atomic E-state index is 0.0699. The Balaban J connectivity index is 1.53. The Labute approximate surface area is 216 Å². The minimum Gasteiger partial charge on any atom is -0.326 e. The van der Waals surface area contributed by atoms with Crippen molar-refractivity contribution in [2.75, 3.05) is 10.6 Å². The van der Waals surface area contributed by atoms with Crippen LogP contribution in [0.15, 0.2) is 60.7 Å². The van der Waals surface area contributed by atoms with Crippen molar-refractivity contribution in [3.63, 3.8) is 0 Å². The van der Waals surface area contributed by atoms with Gasteiger partial charge in [0.25, 0.3) is 5.91 Å². The highest BCUT2D eigenvalue weighted by Gasteiger charge is 2.67. The molecule has 12 heteroatoms. The molecule has 1 saturated carbocycles. The lowest BCUT2D eigenvalue weighted by atomic mass is 10.1. The van der Waals surface area contributed by atoms with Crippen LogP contribution in [0.4, 0.5) is 33.3 Å². The number of benzene rings is 3. The van der Waals surface area contributed by atoms with E-state index in [0.717, 1.165) is 30.3 Å². The summed E-state index contributed by atoms with van der Waals surface area (Å²) in [7, 11) is 0. The highest BCUT2D eigenvalue weighted by atomic mass is 35.5. The fraction of sp³-hybridized carbons (Fsp3) is 0.167. The number of carbonyl (C=O) groups excluding carboxylic acids is 2. The van der Waals surface area contributed by atoms with Gasteiger partial charge in [-0.25, -0.2) is 8.78 Å². The van der Waals surface area contributed by atoms with E-state index in [1.54, 1.807) is 0 Å². The average Bonchev–Trinajstić information content (AvgIpc) is 3.39. The molecule has 0 spiro atoms. The summed E-state index contributed by atoms with van der Waals surface area (Å²) in [6.07, 6.45) is -4.59. The molecule has 2 N–H and O–H groups in total. The highest BCUT2D eigenvalue weighted by molar-refractivity contribution is 6.53. The monoisotopic (exact) mass is 562 g/mol. The summed E-state index contributed by atoms with van der Waals surface area (Å²) in [6.45, 7) is 0. The molecule has 4 nitrogen and oxygen atoms in total. The molecule has 0 bridgehead atoms. The number of anilines is 2. The lowest BCUT2D eigenvalue weighted by molar-refractivity contribution is -0.137. The van der Waals surface area contributed by atoms with E-state index in [2.05, 4.69) is 10.6 Å². The van der Waals surface area contributed by atoms with Gasteiger partial charge in [0.15, 0.2) is 0 Å². The van der Waals surface area contributed by atoms with E-state index in [-0.39, 0.29) is 21.8 Å². The maximum atomic E-state index is 13.9. The van der Waals surface area contributed by atoms with Gasteiger partial charge in [0.2, 0.25) is 5.91 Å². The Morgan fingerprint density at radius 1 is 0.889 bits per heavy atom. The van der Waals surface area contributed by atoms with E-state index < -0.39 is 57.0 Å². The van der Waals surface area contributed by atoms with Gasteiger partial charge in [0, 0.05) is 11.6 Å². The van der Waals surface area contributed by atoms with Gasteiger partial charge in [0.1, 0.15) is 21.7 Å². The lowest BCUT2D eigenvalue weighted by Gasteiger charge is -2.11. The quantitative estimate of drug-likeness (QED) is 0.251. The van der Waals surface area contributed by atoms with Crippen molar-refractivity contribution in [1.82, 2.24) is 0 Å². The predicted molar refractivity (Wildman–Crippen MR) is 127 cm³/mol. The molecule has 1 aliphatic carbocycles. The molecule has 0 unspecified atom stereocenters. The second-order valence-corrected chi connectivity index (χ2v) is 9.84. The van der Waals surface area contributed by atoms with Crippen LogP contribution in [0.5, 0.6) is 0 Å². The summed E-state index contributed by atoms with van der Waals surface area (Å²) >= 11 is 18.5. The number of hydrogen-bond donors (Lipinski definition) is 2. The van der Waals surface area contributed by atoms with Crippen molar-refractivity contribution < 1.29 is 31.5 Å². The van der Waals surface area contributed by atoms with Gasteiger partial charge in [-0.05, 0) is 42.0 Å². The van der Waals surface area contributed by atoms with Crippen LogP contribution in [-0.4, -0.2) is 16.1 Å². The van der Waals surface area contributed by atoms with Crippen molar-refractivity contribution in [1.29, 1.82) is 0 Å². The first-order valence-electron chi connectivity index (χ1n) is 10.2. The number of hydrogen-bond acceptors (Lipinski definition) is 2. The molecule has 0 radical (unpaired) electrons. The first-order chi connectivity index (χ1) is 16.8. The number of amides is 2. The summed E-state index contributed by atoms with van der Waals surface area (Å²) < 4.78 is 65.3. The van der Waals surface area contributed by atoms with Crippen LogP contribution in [0, 0.1) is 17.6 Å². The average molecular weight is 564 g/mol. The van der Waals surface area contributed by atoms with E-state index >= 15 is 0 Å². The fourth-order valence-corrected chi connectivity index (χ4v) is 4.80. The van der Waals surface area contributed by atoms with E-state index in [1.165, 1.54) is 30.3 Å². The standard InChI is InChI=1S/C24H14Cl3F5N2O2/c25-15-8-7-13(10-14(15)21(35)34-20-16(28)5-2-6-17(20)29)33-22(36)19-18(23(19,26)27)11-3-1-4-12(9-11)24(30,31)32/h1-10,18-19H,(H,33,36)(H,34,35)/t18-,19+/m0/s1. The van der Waals surface area contributed by atoms with Gasteiger partial charge < -0.3 is 10.6 Å². The highest BCUT2D eigenvalue weighted by Crippen LogP contribution is 2.65. The van der Waals surface area contributed by atoms with E-state index in [0.29, 0.717) is 0 Å². The number of nitrogens with one attached hydrogen (secondary N) is 2. The first-order valence-corrected chi connectivity index (χ1v) is 11.3. The summed E-state index contributed by atoms with van der Waals surface area (Å²) in [5.74, 6) is -5.67. The Morgan fingerprint density at radius 3 is 2.17 bits per heavy atom. The van der Waals surface area contributed by atoms with Crippen LogP contribution < -0.4 is 10.6 Å². The van der Waals surface area contributed by atoms with Gasteiger partial charge in [-0.15, -0.1) is 23.2 Å². The molecule has 1 aliphatic rings. The number of rotatable bonds is 5. The van der Waals surface area contributed by atoms with Crippen molar-refractivity contribution in [2.45, 2.75) is 16.4 Å². The molecule has 3 aromatic carbocycles. The minimum atomic E-state index is -4.59. The van der Waals surface area contributed by atoms with Crippen molar-refractivity contribution in [3.8, 4) is 0 Å². The van der Waals surface area contributed by atoms with Crippen molar-refractivity contribution >= 4 is 58.0 Å². The maximum absolute atomic E-state index is 13.9. The zero-order chi connectivity index (χ0) is 26.4. The van der Waals surface area contributed by atoms with E-state index in [1.807, 2.05) is 0 Å². The number of halogens is 8. The first kappa shape index (κ1) is 26.2. The fourth-order valence-electron chi connectivity index (χ4n) is 3.77. The summed E-state index contributed by atoms with van der Waals surface area (Å²) in [5.41, 5.74) is -1.58. The second-order valence-electron chi connectivity index (χ2n) is 7.99. The summed E-state index contributed by atoms with van der Waals surface area (Å²) in [5, 5.41) is 4.52. The molecular weight excluding hydrogens is 550 g/mol. The summed E-state index contributed by atoms with van der Waals surface area (Å²) in [4.78, 5) is 25.5. The van der Waals surface area contributed by atoms with Gasteiger partial charge in [0.05, 0.1) is 22.1 Å². The number of alkyl halides is 5. The molecule has 36 heavy (non-hydrogen) atoms. The molecule has 0 heterocycles. The van der Waals surface area contributed by atoms with Gasteiger partial charge in [-0.2, -0.15) is 13.2 Å². The maximum Gasteiger partial charge on any atom is 0.416 e. The van der Waals surface area contributed by atoms with Crippen LogP contribution in [0.25, 0.3) is 0 Å². The van der Waals surface area contributed by atoms with Crippen LogP contribution in [0.2, 0.25) is 5.02 Å². The molecular formula is C24H14Cl3F5N2O2. The molecule has 0 aliphatic heterocycles. The molecule has 188 valence electrons. The zero-order valence-corrected chi connectivity index (χ0v) is 20.0. The largest absolute Gasteiger partial charge is 0.416 e. The van der Waals surface area contributed by atoms with Crippen LogP contribution >= 0.6 is 34.8 Å². The molecule has 4 rings (SSSR count). The van der Waals surface area contributed by atoms with E-state index in [9.17, 15) is 31.5 Å². The zero-order valence-electron chi connectivity index (χ0n) is 17.8.